The van der Waals surface area contributed by atoms with Crippen molar-refractivity contribution in [2.24, 2.45) is 0 Å². The first-order valence-corrected chi connectivity index (χ1v) is 7.38. The van der Waals surface area contributed by atoms with Gasteiger partial charge in [0.25, 0.3) is 0 Å². The lowest BCUT2D eigenvalue weighted by atomic mass is 10.3. The summed E-state index contributed by atoms with van der Waals surface area (Å²) in [7, 11) is 1.62. The molecule has 0 spiro atoms. The Morgan fingerprint density at radius 2 is 1.75 bits per heavy atom. The lowest BCUT2D eigenvalue weighted by molar-refractivity contribution is 0.415. The fraction of sp³-hybridized carbons (Fsp3) is 0.118. The molecule has 7 heteroatoms. The van der Waals surface area contributed by atoms with Crippen LogP contribution < -0.4 is 21.1 Å². The summed E-state index contributed by atoms with van der Waals surface area (Å²) in [5.41, 5.74) is 8.31. The molecule has 2 heterocycles. The van der Waals surface area contributed by atoms with Gasteiger partial charge in [0, 0.05) is 17.4 Å². The normalized spacial score (nSPS) is 10.2. The number of benzene rings is 1. The van der Waals surface area contributed by atoms with Crippen LogP contribution in [0.4, 0.5) is 28.8 Å². The van der Waals surface area contributed by atoms with Crippen molar-refractivity contribution in [1.29, 1.82) is 0 Å². The number of pyridine rings is 1. The first kappa shape index (κ1) is 15.5. The van der Waals surface area contributed by atoms with Gasteiger partial charge in [-0.2, -0.15) is 0 Å². The highest BCUT2D eigenvalue weighted by Gasteiger charge is 2.09. The van der Waals surface area contributed by atoms with Crippen molar-refractivity contribution >= 4 is 28.8 Å². The van der Waals surface area contributed by atoms with Crippen molar-refractivity contribution in [2.75, 3.05) is 23.5 Å². The summed E-state index contributed by atoms with van der Waals surface area (Å²) in [6.45, 7) is 1.92. The third-order valence-corrected chi connectivity index (χ3v) is 3.35. The molecular weight excluding hydrogens is 304 g/mol. The van der Waals surface area contributed by atoms with Gasteiger partial charge in [-0.15, -0.1) is 0 Å². The molecular formula is C17H18N6O. The van der Waals surface area contributed by atoms with Gasteiger partial charge in [-0.3, -0.25) is 0 Å². The quantitative estimate of drug-likeness (QED) is 0.663. The van der Waals surface area contributed by atoms with E-state index in [9.17, 15) is 0 Å². The number of rotatable bonds is 5. The van der Waals surface area contributed by atoms with Crippen molar-refractivity contribution in [1.82, 2.24) is 15.0 Å². The van der Waals surface area contributed by atoms with Gasteiger partial charge < -0.3 is 21.1 Å². The number of aryl methyl sites for hydroxylation is 1. The molecule has 0 aliphatic carbocycles. The molecule has 122 valence electrons. The van der Waals surface area contributed by atoms with Crippen LogP contribution in [-0.2, 0) is 0 Å². The lowest BCUT2D eigenvalue weighted by Gasteiger charge is -2.13. The zero-order valence-corrected chi connectivity index (χ0v) is 13.4. The van der Waals surface area contributed by atoms with Gasteiger partial charge in [0.15, 0.2) is 11.6 Å². The monoisotopic (exact) mass is 322 g/mol. The van der Waals surface area contributed by atoms with E-state index >= 15 is 0 Å². The number of methoxy groups -OCH3 is 1. The van der Waals surface area contributed by atoms with E-state index in [1.165, 1.54) is 6.33 Å². The van der Waals surface area contributed by atoms with Crippen LogP contribution in [0.5, 0.6) is 5.75 Å². The molecule has 0 radical (unpaired) electrons. The molecule has 3 rings (SSSR count). The van der Waals surface area contributed by atoms with Crippen molar-refractivity contribution in [3.8, 4) is 5.75 Å². The van der Waals surface area contributed by atoms with E-state index in [-0.39, 0.29) is 0 Å². The predicted molar refractivity (Wildman–Crippen MR) is 95.0 cm³/mol. The fourth-order valence-corrected chi connectivity index (χ4v) is 2.17. The van der Waals surface area contributed by atoms with E-state index in [4.69, 9.17) is 10.5 Å². The molecule has 3 aromatic rings. The molecule has 2 aromatic heterocycles. The van der Waals surface area contributed by atoms with Crippen LogP contribution in [0.1, 0.15) is 5.69 Å². The zero-order chi connectivity index (χ0) is 16.9. The Hall–Kier alpha value is -3.35. The lowest BCUT2D eigenvalue weighted by Crippen LogP contribution is -2.06. The summed E-state index contributed by atoms with van der Waals surface area (Å²) in [6.07, 6.45) is 1.44. The molecule has 0 saturated heterocycles. The minimum absolute atomic E-state index is 0.406. The second-order valence-electron chi connectivity index (χ2n) is 5.13. The minimum atomic E-state index is 0.406. The van der Waals surface area contributed by atoms with Crippen molar-refractivity contribution in [3.05, 3.63) is 54.5 Å². The average molecular weight is 322 g/mol. The number of nitrogens with two attached hydrogens (primary N) is 1. The molecule has 0 unspecified atom stereocenters. The maximum absolute atomic E-state index is 6.18. The van der Waals surface area contributed by atoms with Crippen LogP contribution in [0, 0.1) is 6.92 Å². The Bertz CT molecular complexity index is 852. The highest BCUT2D eigenvalue weighted by molar-refractivity contribution is 5.79. The number of hydrogen-bond acceptors (Lipinski definition) is 7. The standard InChI is InChI=1S/C17H18N6O/c1-11-5-3-8-14(21-11)23-17-15(18)16(19-10-20-17)22-12-6-4-7-13(9-12)24-2/h3-10H,18H2,1-2H3,(H2,19,20,21,22,23). The summed E-state index contributed by atoms with van der Waals surface area (Å²) in [5.74, 6) is 2.42. The Balaban J connectivity index is 1.85. The summed E-state index contributed by atoms with van der Waals surface area (Å²) < 4.78 is 5.21. The van der Waals surface area contributed by atoms with Crippen LogP contribution in [0.3, 0.4) is 0 Å². The fourth-order valence-electron chi connectivity index (χ4n) is 2.17. The van der Waals surface area contributed by atoms with Crippen LogP contribution in [0.15, 0.2) is 48.8 Å². The maximum atomic E-state index is 6.18. The largest absolute Gasteiger partial charge is 0.497 e. The predicted octanol–water partition coefficient (Wildman–Crippen LogP) is 3.26. The molecule has 0 fully saturated rings. The van der Waals surface area contributed by atoms with Crippen molar-refractivity contribution in [2.45, 2.75) is 6.92 Å². The third kappa shape index (κ3) is 3.52. The van der Waals surface area contributed by atoms with Gasteiger partial charge in [-0.25, -0.2) is 15.0 Å². The van der Waals surface area contributed by atoms with Gasteiger partial charge in [0.2, 0.25) is 0 Å². The first-order chi connectivity index (χ1) is 11.7. The summed E-state index contributed by atoms with van der Waals surface area (Å²) in [5, 5.41) is 6.28. The van der Waals surface area contributed by atoms with E-state index in [2.05, 4.69) is 25.6 Å². The van der Waals surface area contributed by atoms with Crippen LogP contribution >= 0.6 is 0 Å². The Labute approximate surface area is 139 Å². The topological polar surface area (TPSA) is 98.0 Å². The van der Waals surface area contributed by atoms with Gasteiger partial charge in [0.1, 0.15) is 23.6 Å². The van der Waals surface area contributed by atoms with E-state index in [0.717, 1.165) is 17.1 Å². The molecule has 0 atom stereocenters. The van der Waals surface area contributed by atoms with Crippen LogP contribution in [0.25, 0.3) is 0 Å². The smallest absolute Gasteiger partial charge is 0.160 e. The van der Waals surface area contributed by atoms with Crippen LogP contribution in [-0.4, -0.2) is 22.1 Å². The van der Waals surface area contributed by atoms with Gasteiger partial charge in [-0.1, -0.05) is 12.1 Å². The molecule has 24 heavy (non-hydrogen) atoms. The average Bonchev–Trinajstić information content (AvgIpc) is 2.59. The third-order valence-electron chi connectivity index (χ3n) is 3.35. The summed E-state index contributed by atoms with van der Waals surface area (Å²) in [6, 6.07) is 13.2. The van der Waals surface area contributed by atoms with Crippen LogP contribution in [0.2, 0.25) is 0 Å². The van der Waals surface area contributed by atoms with E-state index < -0.39 is 0 Å². The van der Waals surface area contributed by atoms with Gasteiger partial charge >= 0.3 is 0 Å². The molecule has 0 aliphatic heterocycles. The number of nitrogen functional groups attached to an aromatic ring is 1. The number of ether oxygens (including phenoxy) is 1. The SMILES string of the molecule is COc1cccc(Nc2ncnc(Nc3cccc(C)n3)c2N)c1. The number of nitrogens with zero attached hydrogens (tertiary/aromatic N) is 3. The van der Waals surface area contributed by atoms with Crippen molar-refractivity contribution < 1.29 is 4.74 Å². The maximum Gasteiger partial charge on any atom is 0.160 e. The molecule has 0 bridgehead atoms. The zero-order valence-electron chi connectivity index (χ0n) is 13.4. The number of anilines is 5. The van der Waals surface area contributed by atoms with E-state index in [1.807, 2.05) is 49.4 Å². The minimum Gasteiger partial charge on any atom is -0.497 e. The van der Waals surface area contributed by atoms with Gasteiger partial charge in [0.05, 0.1) is 7.11 Å². The molecule has 0 amide bonds. The highest BCUT2D eigenvalue weighted by atomic mass is 16.5. The number of hydrogen-bond donors (Lipinski definition) is 3. The Morgan fingerprint density at radius 1 is 1.00 bits per heavy atom. The molecule has 7 nitrogen and oxygen atoms in total. The van der Waals surface area contributed by atoms with Gasteiger partial charge in [-0.05, 0) is 31.2 Å². The Kier molecular flexibility index (Phi) is 4.42. The number of nitrogens with one attached hydrogen (secondary N) is 2. The molecule has 0 saturated carbocycles. The summed E-state index contributed by atoms with van der Waals surface area (Å²) in [4.78, 5) is 12.8. The number of aromatic nitrogens is 3. The highest BCUT2D eigenvalue weighted by Crippen LogP contribution is 2.28. The second-order valence-corrected chi connectivity index (χ2v) is 5.13. The van der Waals surface area contributed by atoms with E-state index in [0.29, 0.717) is 23.1 Å². The summed E-state index contributed by atoms with van der Waals surface area (Å²) >= 11 is 0. The molecule has 4 N–H and O–H groups in total. The first-order valence-electron chi connectivity index (χ1n) is 7.38. The van der Waals surface area contributed by atoms with Crippen molar-refractivity contribution in [3.63, 3.8) is 0 Å². The second kappa shape index (κ2) is 6.82. The Morgan fingerprint density at radius 3 is 2.50 bits per heavy atom. The molecule has 1 aromatic carbocycles. The molecule has 0 aliphatic rings. The van der Waals surface area contributed by atoms with E-state index in [1.54, 1.807) is 7.11 Å².